The van der Waals surface area contributed by atoms with E-state index in [0.717, 1.165) is 20.1 Å². The Hall–Kier alpha value is -2.75. The number of carbonyl (C=O) groups excluding carboxylic acids is 1. The van der Waals surface area contributed by atoms with E-state index >= 15 is 0 Å². The second-order valence-corrected chi connectivity index (χ2v) is 10.4. The van der Waals surface area contributed by atoms with E-state index in [1.165, 1.54) is 11.3 Å². The molecule has 0 N–H and O–H groups in total. The first kappa shape index (κ1) is 25.3. The molecule has 2 heterocycles. The van der Waals surface area contributed by atoms with Crippen molar-refractivity contribution in [2.24, 2.45) is 4.99 Å². The summed E-state index contributed by atoms with van der Waals surface area (Å²) < 4.78 is 14.7. The molecule has 1 aromatic heterocycles. The van der Waals surface area contributed by atoms with Crippen molar-refractivity contribution in [1.29, 1.82) is 0 Å². The van der Waals surface area contributed by atoms with Crippen molar-refractivity contribution in [1.82, 2.24) is 4.57 Å². The maximum absolute atomic E-state index is 13.6. The van der Waals surface area contributed by atoms with Crippen molar-refractivity contribution in [3.05, 3.63) is 106 Å². The highest BCUT2D eigenvalue weighted by Gasteiger charge is 2.33. The predicted octanol–water partition coefficient (Wildman–Crippen LogP) is 4.89. The topological polar surface area (TPSA) is 69.9 Å². The fraction of sp³-hybridized carbons (Fsp3) is 0.192. The van der Waals surface area contributed by atoms with Crippen molar-refractivity contribution in [2.75, 3.05) is 13.2 Å². The van der Waals surface area contributed by atoms with E-state index in [2.05, 4.69) is 43.4 Å². The van der Waals surface area contributed by atoms with Crippen LogP contribution in [0.5, 0.6) is 5.75 Å². The molecule has 1 atom stereocenters. The van der Waals surface area contributed by atoms with Crippen molar-refractivity contribution in [3.63, 3.8) is 0 Å². The predicted molar refractivity (Wildman–Crippen MR) is 144 cm³/mol. The lowest BCUT2D eigenvalue weighted by Gasteiger charge is -2.24. The van der Waals surface area contributed by atoms with Gasteiger partial charge in [-0.25, -0.2) is 9.79 Å². The maximum atomic E-state index is 13.6. The first-order valence-electron chi connectivity index (χ1n) is 10.8. The van der Waals surface area contributed by atoms with E-state index in [0.29, 0.717) is 33.0 Å². The minimum absolute atomic E-state index is 0.223. The van der Waals surface area contributed by atoms with Gasteiger partial charge in [0.1, 0.15) is 12.4 Å². The van der Waals surface area contributed by atoms with Crippen LogP contribution < -0.4 is 19.6 Å². The summed E-state index contributed by atoms with van der Waals surface area (Å²) >= 11 is 8.26. The third-order valence-electron chi connectivity index (χ3n) is 5.31. The van der Waals surface area contributed by atoms with Crippen molar-refractivity contribution < 1.29 is 14.3 Å². The molecule has 0 saturated carbocycles. The lowest BCUT2D eigenvalue weighted by atomic mass is 9.96. The molecule has 9 heteroatoms. The van der Waals surface area contributed by atoms with Gasteiger partial charge in [0.25, 0.3) is 5.56 Å². The van der Waals surface area contributed by atoms with Gasteiger partial charge >= 0.3 is 5.97 Å². The first-order valence-corrected chi connectivity index (χ1v) is 13.2. The smallest absolute Gasteiger partial charge is 0.338 e. The standard InChI is InChI=1S/C26H22Br2N2O4S/c1-4-12-34-20-11-6-16(13-19(20)28)14-21-24(31)30-23(17-7-9-18(27)10-8-17)22(25(32)33-5-2)15(3)29-26(30)35-21/h4,6-11,13-14,23H,1,5,12H2,2-3H3/b21-14-/t23-/m1/s1. The summed E-state index contributed by atoms with van der Waals surface area (Å²) in [5.74, 6) is 0.212. The molecule has 35 heavy (non-hydrogen) atoms. The zero-order valence-electron chi connectivity index (χ0n) is 19.1. The molecule has 0 amide bonds. The molecule has 6 nitrogen and oxygen atoms in total. The van der Waals surface area contributed by atoms with Crippen LogP contribution in [-0.4, -0.2) is 23.8 Å². The maximum Gasteiger partial charge on any atom is 0.338 e. The van der Waals surface area contributed by atoms with Gasteiger partial charge in [0.2, 0.25) is 0 Å². The van der Waals surface area contributed by atoms with Crippen molar-refractivity contribution in [2.45, 2.75) is 19.9 Å². The number of fused-ring (bicyclic) bond motifs is 1. The quantitative estimate of drug-likeness (QED) is 0.280. The Kier molecular flexibility index (Phi) is 7.88. The molecule has 0 spiro atoms. The fourth-order valence-electron chi connectivity index (χ4n) is 3.78. The molecular formula is C26H22Br2N2O4S. The van der Waals surface area contributed by atoms with Crippen LogP contribution >= 0.6 is 43.2 Å². The number of halogens is 2. The van der Waals surface area contributed by atoms with Crippen LogP contribution in [0.4, 0.5) is 0 Å². The zero-order valence-corrected chi connectivity index (χ0v) is 23.1. The van der Waals surface area contributed by atoms with Gasteiger partial charge in [-0.3, -0.25) is 9.36 Å². The molecule has 1 aliphatic heterocycles. The van der Waals surface area contributed by atoms with E-state index in [9.17, 15) is 9.59 Å². The Morgan fingerprint density at radius 3 is 2.63 bits per heavy atom. The van der Waals surface area contributed by atoms with Gasteiger partial charge in [-0.2, -0.15) is 0 Å². The molecule has 1 aliphatic rings. The average molecular weight is 618 g/mol. The second kappa shape index (κ2) is 10.9. The van der Waals surface area contributed by atoms with E-state index in [4.69, 9.17) is 9.47 Å². The number of esters is 1. The highest BCUT2D eigenvalue weighted by atomic mass is 79.9. The van der Waals surface area contributed by atoms with Crippen LogP contribution in [0, 0.1) is 0 Å². The number of ether oxygens (including phenoxy) is 2. The van der Waals surface area contributed by atoms with Crippen LogP contribution in [0.15, 0.2) is 85.1 Å². The van der Waals surface area contributed by atoms with Gasteiger partial charge in [0.15, 0.2) is 4.80 Å². The zero-order chi connectivity index (χ0) is 25.1. The third-order valence-corrected chi connectivity index (χ3v) is 7.44. The minimum Gasteiger partial charge on any atom is -0.488 e. The summed E-state index contributed by atoms with van der Waals surface area (Å²) in [7, 11) is 0. The highest BCUT2D eigenvalue weighted by Crippen LogP contribution is 2.31. The first-order chi connectivity index (χ1) is 16.8. The number of benzene rings is 2. The molecule has 0 unspecified atom stereocenters. The number of rotatable bonds is 7. The molecular weight excluding hydrogens is 596 g/mol. The lowest BCUT2D eigenvalue weighted by Crippen LogP contribution is -2.39. The molecule has 180 valence electrons. The SMILES string of the molecule is C=CCOc1ccc(/C=c2\sc3n(c2=O)[C@H](c2ccc(Br)cc2)C(C(=O)OCC)=C(C)N=3)cc1Br. The minimum atomic E-state index is -0.637. The molecule has 0 radical (unpaired) electrons. The van der Waals surface area contributed by atoms with Crippen LogP contribution in [-0.2, 0) is 9.53 Å². The largest absolute Gasteiger partial charge is 0.488 e. The summed E-state index contributed by atoms with van der Waals surface area (Å²) in [6.07, 6.45) is 3.49. The molecule has 0 aliphatic carbocycles. The van der Waals surface area contributed by atoms with Crippen LogP contribution in [0.2, 0.25) is 0 Å². The second-order valence-electron chi connectivity index (χ2n) is 7.64. The highest BCUT2D eigenvalue weighted by molar-refractivity contribution is 9.10. The summed E-state index contributed by atoms with van der Waals surface area (Å²) in [4.78, 5) is 31.7. The monoisotopic (exact) mass is 616 g/mol. The van der Waals surface area contributed by atoms with E-state index in [-0.39, 0.29) is 12.2 Å². The number of aromatic nitrogens is 1. The van der Waals surface area contributed by atoms with Crippen LogP contribution in [0.3, 0.4) is 0 Å². The molecule has 0 saturated heterocycles. The molecule has 2 aromatic carbocycles. The number of hydrogen-bond acceptors (Lipinski definition) is 6. The van der Waals surface area contributed by atoms with Gasteiger partial charge in [0.05, 0.1) is 32.9 Å². The number of hydrogen-bond donors (Lipinski definition) is 0. The van der Waals surface area contributed by atoms with Gasteiger partial charge in [0, 0.05) is 4.47 Å². The number of thiazole rings is 1. The summed E-state index contributed by atoms with van der Waals surface area (Å²) in [5.41, 5.74) is 2.30. The Balaban J connectivity index is 1.86. The van der Waals surface area contributed by atoms with E-state index < -0.39 is 12.0 Å². The fourth-order valence-corrected chi connectivity index (χ4v) is 5.60. The van der Waals surface area contributed by atoms with Crippen LogP contribution in [0.1, 0.15) is 31.0 Å². The summed E-state index contributed by atoms with van der Waals surface area (Å²) in [6.45, 7) is 7.81. The molecule has 4 rings (SSSR count). The lowest BCUT2D eigenvalue weighted by molar-refractivity contribution is -0.139. The Morgan fingerprint density at radius 1 is 1.23 bits per heavy atom. The number of carbonyl (C=O) groups is 1. The van der Waals surface area contributed by atoms with Crippen molar-refractivity contribution in [3.8, 4) is 5.75 Å². The molecule has 3 aromatic rings. The third kappa shape index (κ3) is 5.27. The number of allylic oxidation sites excluding steroid dienone is 1. The van der Waals surface area contributed by atoms with E-state index in [1.807, 2.05) is 48.5 Å². The van der Waals surface area contributed by atoms with Gasteiger partial charge in [-0.05, 0) is 71.2 Å². The Morgan fingerprint density at radius 2 is 1.97 bits per heavy atom. The van der Waals surface area contributed by atoms with Gasteiger partial charge in [-0.15, -0.1) is 0 Å². The average Bonchev–Trinajstić information content (AvgIpc) is 3.12. The Bertz CT molecular complexity index is 1500. The molecule has 0 bridgehead atoms. The van der Waals surface area contributed by atoms with Crippen LogP contribution in [0.25, 0.3) is 6.08 Å². The van der Waals surface area contributed by atoms with E-state index in [1.54, 1.807) is 24.5 Å². The summed E-state index contributed by atoms with van der Waals surface area (Å²) in [6, 6.07) is 12.5. The van der Waals surface area contributed by atoms with Crippen molar-refractivity contribution >= 4 is 55.2 Å². The normalized spacial score (nSPS) is 15.4. The summed E-state index contributed by atoms with van der Waals surface area (Å²) in [5, 5.41) is 0. The van der Waals surface area contributed by atoms with Gasteiger partial charge in [-0.1, -0.05) is 58.1 Å². The van der Waals surface area contributed by atoms with Gasteiger partial charge < -0.3 is 9.47 Å². The molecule has 0 fully saturated rings. The number of nitrogens with zero attached hydrogens (tertiary/aromatic N) is 2. The Labute approximate surface area is 223 Å².